The molecule has 0 bridgehead atoms. The van der Waals surface area contributed by atoms with Gasteiger partial charge in [-0.2, -0.15) is 0 Å². The molecule has 4 heteroatoms. The molecule has 0 unspecified atom stereocenters. The highest BCUT2D eigenvalue weighted by atomic mass is 16.5. The van der Waals surface area contributed by atoms with Crippen LogP contribution in [0.4, 0.5) is 0 Å². The van der Waals surface area contributed by atoms with Crippen LogP contribution >= 0.6 is 0 Å². The summed E-state index contributed by atoms with van der Waals surface area (Å²) < 4.78 is 5.47. The number of carbonyl (C=O) groups is 1. The molecular weight excluding hydrogens is 216 g/mol. The van der Waals surface area contributed by atoms with Gasteiger partial charge in [-0.05, 0) is 31.7 Å². The van der Waals surface area contributed by atoms with Crippen molar-refractivity contribution in [3.63, 3.8) is 0 Å². The highest BCUT2D eigenvalue weighted by Crippen LogP contribution is 2.12. The highest BCUT2D eigenvalue weighted by molar-refractivity contribution is 5.75. The van der Waals surface area contributed by atoms with Gasteiger partial charge >= 0.3 is 0 Å². The third-order valence-electron chi connectivity index (χ3n) is 2.28. The van der Waals surface area contributed by atoms with Gasteiger partial charge in [-0.25, -0.2) is 0 Å². The molecule has 1 amide bonds. The summed E-state index contributed by atoms with van der Waals surface area (Å²) in [4.78, 5) is 11.2. The molecule has 94 valence electrons. The van der Waals surface area contributed by atoms with E-state index in [1.54, 1.807) is 0 Å². The van der Waals surface area contributed by atoms with Crippen LogP contribution in [0.1, 0.15) is 18.9 Å². The average molecular weight is 236 g/mol. The van der Waals surface area contributed by atoms with Crippen molar-refractivity contribution in [2.24, 2.45) is 0 Å². The lowest BCUT2D eigenvalue weighted by atomic mass is 10.2. The molecule has 0 heterocycles. The van der Waals surface area contributed by atoms with E-state index in [0.29, 0.717) is 19.6 Å². The summed E-state index contributed by atoms with van der Waals surface area (Å²) in [6.07, 6.45) is 0.395. The Morgan fingerprint density at radius 3 is 2.59 bits per heavy atom. The number of hydrogen-bond donors (Lipinski definition) is 2. The first-order valence-corrected chi connectivity index (χ1v) is 5.89. The van der Waals surface area contributed by atoms with Crippen LogP contribution < -0.4 is 15.4 Å². The molecular formula is C13H20N2O2. The smallest absolute Gasteiger partial charge is 0.223 e. The lowest BCUT2D eigenvalue weighted by molar-refractivity contribution is -0.121. The fraction of sp³-hybridized carbons (Fsp3) is 0.462. The molecule has 1 rings (SSSR count). The maximum Gasteiger partial charge on any atom is 0.223 e. The topological polar surface area (TPSA) is 50.4 Å². The lowest BCUT2D eigenvalue weighted by Crippen LogP contribution is -2.24. The molecule has 2 N–H and O–H groups in total. The second-order valence-electron chi connectivity index (χ2n) is 3.73. The first kappa shape index (κ1) is 13.5. The normalized spacial score (nSPS) is 10.0. The molecule has 0 spiro atoms. The summed E-state index contributed by atoms with van der Waals surface area (Å²) in [7, 11) is 1.91. The zero-order valence-electron chi connectivity index (χ0n) is 10.5. The average Bonchev–Trinajstić information content (AvgIpc) is 2.32. The van der Waals surface area contributed by atoms with E-state index in [-0.39, 0.29) is 5.91 Å². The van der Waals surface area contributed by atoms with Crippen LogP contribution in [-0.4, -0.2) is 26.1 Å². The largest absolute Gasteiger partial charge is 0.493 e. The summed E-state index contributed by atoms with van der Waals surface area (Å²) in [6, 6.07) is 7.87. The van der Waals surface area contributed by atoms with Gasteiger partial charge < -0.3 is 15.4 Å². The highest BCUT2D eigenvalue weighted by Gasteiger charge is 2.00. The molecule has 0 aliphatic heterocycles. The minimum Gasteiger partial charge on any atom is -0.493 e. The van der Waals surface area contributed by atoms with Gasteiger partial charge in [0.05, 0.1) is 13.0 Å². The van der Waals surface area contributed by atoms with Crippen LogP contribution in [0.15, 0.2) is 24.3 Å². The van der Waals surface area contributed by atoms with Gasteiger partial charge in [-0.15, -0.1) is 0 Å². The first-order chi connectivity index (χ1) is 8.26. The number of rotatable bonds is 7. The van der Waals surface area contributed by atoms with E-state index in [1.165, 1.54) is 5.56 Å². The van der Waals surface area contributed by atoms with Crippen LogP contribution in [0.2, 0.25) is 0 Å². The molecule has 4 nitrogen and oxygen atoms in total. The number of amides is 1. The number of nitrogens with one attached hydrogen (secondary N) is 2. The van der Waals surface area contributed by atoms with Crippen molar-refractivity contribution in [2.75, 3.05) is 20.2 Å². The van der Waals surface area contributed by atoms with E-state index in [0.717, 1.165) is 12.3 Å². The Labute approximate surface area is 102 Å². The van der Waals surface area contributed by atoms with Gasteiger partial charge in [0.1, 0.15) is 5.75 Å². The molecule has 17 heavy (non-hydrogen) atoms. The molecule has 0 aliphatic carbocycles. The van der Waals surface area contributed by atoms with Crippen molar-refractivity contribution in [1.82, 2.24) is 10.6 Å². The third-order valence-corrected chi connectivity index (χ3v) is 2.28. The van der Waals surface area contributed by atoms with Crippen molar-refractivity contribution in [1.29, 1.82) is 0 Å². The Balaban J connectivity index is 2.29. The van der Waals surface area contributed by atoms with Crippen LogP contribution in [-0.2, 0) is 11.3 Å². The van der Waals surface area contributed by atoms with Crippen molar-refractivity contribution in [2.45, 2.75) is 19.9 Å². The van der Waals surface area contributed by atoms with Gasteiger partial charge in [0.25, 0.3) is 0 Å². The van der Waals surface area contributed by atoms with E-state index in [2.05, 4.69) is 10.6 Å². The van der Waals surface area contributed by atoms with E-state index >= 15 is 0 Å². The summed E-state index contributed by atoms with van der Waals surface area (Å²) in [6.45, 7) is 3.83. The molecule has 0 fully saturated rings. The zero-order valence-corrected chi connectivity index (χ0v) is 10.5. The number of hydrogen-bond acceptors (Lipinski definition) is 3. The number of ether oxygens (including phenoxy) is 1. The molecule has 0 atom stereocenters. The summed E-state index contributed by atoms with van der Waals surface area (Å²) >= 11 is 0. The van der Waals surface area contributed by atoms with Crippen LogP contribution in [0.5, 0.6) is 5.75 Å². The van der Waals surface area contributed by atoms with Gasteiger partial charge in [-0.3, -0.25) is 4.79 Å². The van der Waals surface area contributed by atoms with Gasteiger partial charge in [0.2, 0.25) is 5.91 Å². The SMILES string of the molecule is CCNC(=O)CCOc1ccc(CNC)cc1. The van der Waals surface area contributed by atoms with E-state index in [1.807, 2.05) is 38.2 Å². The molecule has 0 saturated carbocycles. The number of carbonyl (C=O) groups excluding carboxylic acids is 1. The van der Waals surface area contributed by atoms with Crippen LogP contribution in [0.3, 0.4) is 0 Å². The predicted octanol–water partition coefficient (Wildman–Crippen LogP) is 1.31. The minimum absolute atomic E-state index is 0.0271. The lowest BCUT2D eigenvalue weighted by Gasteiger charge is -2.07. The maximum atomic E-state index is 11.2. The van der Waals surface area contributed by atoms with E-state index in [9.17, 15) is 4.79 Å². The summed E-state index contributed by atoms with van der Waals surface area (Å²) in [5.74, 6) is 0.827. The standard InChI is InChI=1S/C13H20N2O2/c1-3-15-13(16)8-9-17-12-6-4-11(5-7-12)10-14-2/h4-7,14H,3,8-10H2,1-2H3,(H,15,16). The Bertz CT molecular complexity index is 336. The van der Waals surface area contributed by atoms with Crippen molar-refractivity contribution >= 4 is 5.91 Å². The third kappa shape index (κ3) is 5.36. The Hall–Kier alpha value is -1.55. The van der Waals surface area contributed by atoms with Gasteiger partial charge in [0.15, 0.2) is 0 Å². The molecule has 1 aromatic carbocycles. The second kappa shape index (κ2) is 7.68. The summed E-state index contributed by atoms with van der Waals surface area (Å²) in [5, 5.41) is 5.81. The Morgan fingerprint density at radius 1 is 1.29 bits per heavy atom. The zero-order chi connectivity index (χ0) is 12.5. The Morgan fingerprint density at radius 2 is 2.00 bits per heavy atom. The fourth-order valence-corrected chi connectivity index (χ4v) is 1.45. The van der Waals surface area contributed by atoms with Crippen LogP contribution in [0.25, 0.3) is 0 Å². The van der Waals surface area contributed by atoms with Crippen molar-refractivity contribution in [3.05, 3.63) is 29.8 Å². The van der Waals surface area contributed by atoms with Crippen molar-refractivity contribution < 1.29 is 9.53 Å². The Kier molecular flexibility index (Phi) is 6.10. The predicted molar refractivity (Wildman–Crippen MR) is 68.0 cm³/mol. The second-order valence-corrected chi connectivity index (χ2v) is 3.73. The molecule has 0 aliphatic rings. The quantitative estimate of drug-likeness (QED) is 0.750. The molecule has 1 aromatic rings. The number of benzene rings is 1. The first-order valence-electron chi connectivity index (χ1n) is 5.89. The van der Waals surface area contributed by atoms with Gasteiger partial charge in [-0.1, -0.05) is 12.1 Å². The van der Waals surface area contributed by atoms with Crippen LogP contribution in [0, 0.1) is 0 Å². The fourth-order valence-electron chi connectivity index (χ4n) is 1.45. The molecule has 0 aromatic heterocycles. The minimum atomic E-state index is 0.0271. The van der Waals surface area contributed by atoms with E-state index < -0.39 is 0 Å². The molecule has 0 saturated heterocycles. The maximum absolute atomic E-state index is 11.2. The van der Waals surface area contributed by atoms with Gasteiger partial charge in [0, 0.05) is 13.1 Å². The molecule has 0 radical (unpaired) electrons. The van der Waals surface area contributed by atoms with E-state index in [4.69, 9.17) is 4.74 Å². The van der Waals surface area contributed by atoms with Crippen molar-refractivity contribution in [3.8, 4) is 5.75 Å². The monoisotopic (exact) mass is 236 g/mol. The summed E-state index contributed by atoms with van der Waals surface area (Å²) in [5.41, 5.74) is 1.21.